The molecular formula is C18H27N. The third-order valence-corrected chi connectivity index (χ3v) is 5.42. The van der Waals surface area contributed by atoms with Crippen LogP contribution in [0, 0.1) is 17.8 Å². The number of pyridine rings is 1. The Bertz CT molecular complexity index is 363. The monoisotopic (exact) mass is 257 g/mol. The van der Waals surface area contributed by atoms with E-state index in [1.54, 1.807) is 0 Å². The van der Waals surface area contributed by atoms with Gasteiger partial charge >= 0.3 is 0 Å². The van der Waals surface area contributed by atoms with Crippen molar-refractivity contribution >= 4 is 0 Å². The Morgan fingerprint density at radius 2 is 1.68 bits per heavy atom. The van der Waals surface area contributed by atoms with Crippen molar-refractivity contribution in [3.63, 3.8) is 0 Å². The van der Waals surface area contributed by atoms with Gasteiger partial charge in [-0.1, -0.05) is 51.4 Å². The molecule has 1 nitrogen and oxygen atoms in total. The summed E-state index contributed by atoms with van der Waals surface area (Å²) in [6.45, 7) is 0. The van der Waals surface area contributed by atoms with Crippen LogP contribution in [0.1, 0.15) is 63.4 Å². The van der Waals surface area contributed by atoms with Gasteiger partial charge in [-0.15, -0.1) is 0 Å². The maximum absolute atomic E-state index is 4.15. The summed E-state index contributed by atoms with van der Waals surface area (Å²) in [6, 6.07) is 4.43. The highest BCUT2D eigenvalue weighted by Crippen LogP contribution is 2.40. The van der Waals surface area contributed by atoms with Gasteiger partial charge in [-0.25, -0.2) is 0 Å². The van der Waals surface area contributed by atoms with Crippen LogP contribution in [0.5, 0.6) is 0 Å². The van der Waals surface area contributed by atoms with Crippen LogP contribution in [0.2, 0.25) is 0 Å². The van der Waals surface area contributed by atoms with Crippen molar-refractivity contribution in [2.24, 2.45) is 17.8 Å². The quantitative estimate of drug-likeness (QED) is 0.722. The van der Waals surface area contributed by atoms with Gasteiger partial charge in [0.15, 0.2) is 0 Å². The molecule has 0 saturated heterocycles. The summed E-state index contributed by atoms with van der Waals surface area (Å²) in [4.78, 5) is 4.15. The van der Waals surface area contributed by atoms with Crippen molar-refractivity contribution in [1.82, 2.24) is 4.98 Å². The first kappa shape index (κ1) is 13.1. The first-order valence-electron chi connectivity index (χ1n) is 8.31. The van der Waals surface area contributed by atoms with Gasteiger partial charge in [0.05, 0.1) is 0 Å². The van der Waals surface area contributed by atoms with Crippen LogP contribution in [0.15, 0.2) is 24.5 Å². The van der Waals surface area contributed by atoms with E-state index in [2.05, 4.69) is 17.1 Å². The molecule has 2 saturated carbocycles. The van der Waals surface area contributed by atoms with Crippen LogP contribution in [0.3, 0.4) is 0 Å². The van der Waals surface area contributed by atoms with Gasteiger partial charge in [-0.3, -0.25) is 4.98 Å². The topological polar surface area (TPSA) is 12.9 Å². The van der Waals surface area contributed by atoms with E-state index in [0.717, 1.165) is 17.8 Å². The third kappa shape index (κ3) is 3.58. The largest absolute Gasteiger partial charge is 0.265 e. The third-order valence-electron chi connectivity index (χ3n) is 5.42. The molecule has 2 aliphatic rings. The first-order chi connectivity index (χ1) is 9.42. The zero-order valence-electron chi connectivity index (χ0n) is 12.1. The fraction of sp³-hybridized carbons (Fsp3) is 0.722. The lowest BCUT2D eigenvalue weighted by molar-refractivity contribution is 0.159. The molecule has 19 heavy (non-hydrogen) atoms. The highest BCUT2D eigenvalue weighted by atomic mass is 14.6. The molecular weight excluding hydrogens is 230 g/mol. The van der Waals surface area contributed by atoms with E-state index in [1.165, 1.54) is 69.8 Å². The van der Waals surface area contributed by atoms with Gasteiger partial charge in [0, 0.05) is 12.4 Å². The number of nitrogens with zero attached hydrogens (tertiary/aromatic N) is 1. The van der Waals surface area contributed by atoms with Gasteiger partial charge in [-0.2, -0.15) is 0 Å². The van der Waals surface area contributed by atoms with Crippen LogP contribution in [0.25, 0.3) is 0 Å². The predicted octanol–water partition coefficient (Wildman–Crippen LogP) is 5.01. The molecule has 0 spiro atoms. The van der Waals surface area contributed by atoms with Crippen molar-refractivity contribution < 1.29 is 0 Å². The van der Waals surface area contributed by atoms with E-state index in [0.29, 0.717) is 0 Å². The SMILES string of the molecule is c1cc(CC(CC2CCCCC2)C2CCC2)ccn1. The molecule has 1 heterocycles. The maximum Gasteiger partial charge on any atom is 0.0270 e. The first-order valence-corrected chi connectivity index (χ1v) is 8.31. The van der Waals surface area contributed by atoms with Crippen LogP contribution < -0.4 is 0 Å². The zero-order valence-corrected chi connectivity index (χ0v) is 12.1. The molecule has 1 unspecified atom stereocenters. The molecule has 1 heteroatoms. The second kappa shape index (κ2) is 6.54. The van der Waals surface area contributed by atoms with E-state index in [-0.39, 0.29) is 0 Å². The number of hydrogen-bond acceptors (Lipinski definition) is 1. The highest BCUT2D eigenvalue weighted by Gasteiger charge is 2.29. The Morgan fingerprint density at radius 1 is 0.947 bits per heavy atom. The Labute approximate surface area is 117 Å². The second-order valence-electron chi connectivity index (χ2n) is 6.75. The lowest BCUT2D eigenvalue weighted by atomic mass is 9.69. The van der Waals surface area contributed by atoms with E-state index >= 15 is 0 Å². The molecule has 1 atom stereocenters. The smallest absolute Gasteiger partial charge is 0.0270 e. The van der Waals surface area contributed by atoms with Gasteiger partial charge in [0.25, 0.3) is 0 Å². The van der Waals surface area contributed by atoms with Crippen LogP contribution in [-0.2, 0) is 6.42 Å². The minimum absolute atomic E-state index is 0.944. The molecule has 0 aliphatic heterocycles. The van der Waals surface area contributed by atoms with Gasteiger partial charge < -0.3 is 0 Å². The summed E-state index contributed by atoms with van der Waals surface area (Å²) < 4.78 is 0. The fourth-order valence-corrected chi connectivity index (χ4v) is 4.03. The van der Waals surface area contributed by atoms with Crippen LogP contribution >= 0.6 is 0 Å². The molecule has 0 amide bonds. The van der Waals surface area contributed by atoms with E-state index in [1.807, 2.05) is 12.4 Å². The standard InChI is InChI=1S/C18H27N/c1-2-5-15(6-3-1)13-18(17-7-4-8-17)14-16-9-11-19-12-10-16/h9-12,15,17-18H,1-8,13-14H2. The van der Waals surface area contributed by atoms with E-state index < -0.39 is 0 Å². The summed E-state index contributed by atoms with van der Waals surface area (Å²) in [5, 5.41) is 0. The van der Waals surface area contributed by atoms with Gasteiger partial charge in [0.2, 0.25) is 0 Å². The molecule has 104 valence electrons. The van der Waals surface area contributed by atoms with Crippen molar-refractivity contribution in [2.75, 3.05) is 0 Å². The molecule has 0 radical (unpaired) electrons. The summed E-state index contributed by atoms with van der Waals surface area (Å²) in [5.74, 6) is 3.00. The number of aromatic nitrogens is 1. The Hall–Kier alpha value is -0.850. The summed E-state index contributed by atoms with van der Waals surface area (Å²) in [6.07, 6.45) is 18.6. The van der Waals surface area contributed by atoms with E-state index in [9.17, 15) is 0 Å². The van der Waals surface area contributed by atoms with Crippen molar-refractivity contribution in [3.8, 4) is 0 Å². The Morgan fingerprint density at radius 3 is 2.32 bits per heavy atom. The lowest BCUT2D eigenvalue weighted by Crippen LogP contribution is -2.26. The van der Waals surface area contributed by atoms with Crippen molar-refractivity contribution in [3.05, 3.63) is 30.1 Å². The molecule has 0 aromatic carbocycles. The molecule has 1 aromatic rings. The highest BCUT2D eigenvalue weighted by molar-refractivity contribution is 5.11. The molecule has 2 fully saturated rings. The van der Waals surface area contributed by atoms with Crippen molar-refractivity contribution in [2.45, 2.75) is 64.2 Å². The molecule has 2 aliphatic carbocycles. The molecule has 0 bridgehead atoms. The predicted molar refractivity (Wildman–Crippen MR) is 80.0 cm³/mol. The average molecular weight is 257 g/mol. The fourth-order valence-electron chi connectivity index (χ4n) is 4.03. The molecule has 1 aromatic heterocycles. The van der Waals surface area contributed by atoms with E-state index in [4.69, 9.17) is 0 Å². The van der Waals surface area contributed by atoms with Crippen LogP contribution in [-0.4, -0.2) is 4.98 Å². The summed E-state index contributed by atoms with van der Waals surface area (Å²) in [7, 11) is 0. The summed E-state index contributed by atoms with van der Waals surface area (Å²) in [5.41, 5.74) is 1.50. The summed E-state index contributed by atoms with van der Waals surface area (Å²) >= 11 is 0. The lowest BCUT2D eigenvalue weighted by Gasteiger charge is -2.37. The Kier molecular flexibility index (Phi) is 4.53. The zero-order chi connectivity index (χ0) is 12.9. The average Bonchev–Trinajstić information content (AvgIpc) is 2.39. The Balaban J connectivity index is 1.60. The van der Waals surface area contributed by atoms with Gasteiger partial charge in [-0.05, 0) is 48.3 Å². The van der Waals surface area contributed by atoms with Gasteiger partial charge in [0.1, 0.15) is 0 Å². The van der Waals surface area contributed by atoms with Crippen LogP contribution in [0.4, 0.5) is 0 Å². The maximum atomic E-state index is 4.15. The van der Waals surface area contributed by atoms with Crippen molar-refractivity contribution in [1.29, 1.82) is 0 Å². The molecule has 0 N–H and O–H groups in total. The minimum atomic E-state index is 0.944. The second-order valence-corrected chi connectivity index (χ2v) is 6.75. The number of hydrogen-bond donors (Lipinski definition) is 0. The number of rotatable bonds is 5. The molecule has 3 rings (SSSR count). The normalized spacial score (nSPS) is 22.9. The minimum Gasteiger partial charge on any atom is -0.265 e.